The summed E-state index contributed by atoms with van der Waals surface area (Å²) >= 11 is 0. The zero-order valence-corrected chi connectivity index (χ0v) is 3.79. The van der Waals surface area contributed by atoms with Gasteiger partial charge in [-0.2, -0.15) is 5.10 Å². The number of hydrazone groups is 1. The Bertz CT molecular complexity index is 70.6. The van der Waals surface area contributed by atoms with Gasteiger partial charge in [-0.05, 0) is 0 Å². The summed E-state index contributed by atoms with van der Waals surface area (Å²) in [6, 6.07) is 0. The van der Waals surface area contributed by atoms with E-state index >= 15 is 0 Å². The van der Waals surface area contributed by atoms with Crippen LogP contribution in [-0.2, 0) is 4.79 Å². The lowest BCUT2D eigenvalue weighted by molar-refractivity contribution is -0.107. The molecular weight excluding hydrogens is 94.1 g/mol. The van der Waals surface area contributed by atoms with Gasteiger partial charge in [-0.25, -0.2) is 0 Å². The van der Waals surface area contributed by atoms with Gasteiger partial charge >= 0.3 is 0 Å². The second kappa shape index (κ2) is 4.94. The molecule has 0 aromatic rings. The van der Waals surface area contributed by atoms with E-state index in [1.165, 1.54) is 0 Å². The monoisotopic (exact) mass is 101 g/mol. The summed E-state index contributed by atoms with van der Waals surface area (Å²) in [6.07, 6.45) is 1.79. The van der Waals surface area contributed by atoms with Gasteiger partial charge in [-0.15, -0.1) is 0 Å². The molecule has 0 rings (SSSR count). The van der Waals surface area contributed by atoms with E-state index < -0.39 is 0 Å². The van der Waals surface area contributed by atoms with Gasteiger partial charge in [-0.1, -0.05) is 0 Å². The third kappa shape index (κ3) is 4.94. The van der Waals surface area contributed by atoms with E-state index in [1.807, 2.05) is 0 Å². The number of aldehydes is 1. The molecule has 3 N–H and O–H groups in total. The maximum atomic E-state index is 9.50. The largest absolute Gasteiger partial charge is 0.388 e. The molecule has 0 radical (unpaired) electrons. The predicted molar refractivity (Wildman–Crippen MR) is 26.7 cm³/mol. The van der Waals surface area contributed by atoms with E-state index in [1.54, 1.807) is 0 Å². The number of hydrogen-bond donors (Lipinski definition) is 2. The van der Waals surface area contributed by atoms with Crippen LogP contribution in [0.25, 0.3) is 0 Å². The molecule has 0 aromatic carbocycles. The molecule has 0 saturated heterocycles. The second-order valence-electron chi connectivity index (χ2n) is 0.807. The lowest BCUT2D eigenvalue weighted by atomic mass is 10.8. The molecule has 0 aliphatic rings. The Balaban J connectivity index is 2.82. The van der Waals surface area contributed by atoms with Crippen LogP contribution in [0.3, 0.4) is 0 Å². The Hall–Kier alpha value is -1.06. The van der Waals surface area contributed by atoms with Crippen molar-refractivity contribution in [2.24, 2.45) is 10.8 Å². The van der Waals surface area contributed by atoms with Crippen molar-refractivity contribution in [2.45, 2.75) is 0 Å². The van der Waals surface area contributed by atoms with E-state index in [2.05, 4.69) is 10.5 Å². The molecule has 0 amide bonds. The van der Waals surface area contributed by atoms with Gasteiger partial charge in [0.05, 0.1) is 6.54 Å². The zero-order chi connectivity index (χ0) is 5.54. The minimum Gasteiger partial charge on any atom is -0.388 e. The van der Waals surface area contributed by atoms with Crippen molar-refractivity contribution in [1.29, 1.82) is 0 Å². The second-order valence-corrected chi connectivity index (χ2v) is 0.807. The standard InChI is InChI=1S/C3H7N3O/c4-3-6-5-1-2-7/h2-3,5H,1H2,(H2,4,6). The van der Waals surface area contributed by atoms with Crippen LogP contribution < -0.4 is 11.2 Å². The third-order valence-corrected chi connectivity index (χ3v) is 0.340. The lowest BCUT2D eigenvalue weighted by Crippen LogP contribution is -2.09. The van der Waals surface area contributed by atoms with Crippen molar-refractivity contribution < 1.29 is 4.79 Å². The average molecular weight is 101 g/mol. The Morgan fingerprint density at radius 2 is 2.57 bits per heavy atom. The number of nitrogens with two attached hydrogens (primary N) is 1. The molecule has 0 unspecified atom stereocenters. The summed E-state index contributed by atoms with van der Waals surface area (Å²) in [5.74, 6) is 0. The molecule has 0 aliphatic heterocycles. The maximum absolute atomic E-state index is 9.50. The molecule has 0 bridgehead atoms. The summed E-state index contributed by atoms with van der Waals surface area (Å²) in [4.78, 5) is 9.50. The summed E-state index contributed by atoms with van der Waals surface area (Å²) in [5, 5.41) is 3.33. The van der Waals surface area contributed by atoms with Crippen LogP contribution in [-0.4, -0.2) is 19.2 Å². The van der Waals surface area contributed by atoms with Crippen molar-refractivity contribution in [1.82, 2.24) is 5.43 Å². The Labute approximate surface area is 41.4 Å². The molecule has 0 fully saturated rings. The van der Waals surface area contributed by atoms with Crippen LogP contribution >= 0.6 is 0 Å². The lowest BCUT2D eigenvalue weighted by Gasteiger charge is -1.84. The van der Waals surface area contributed by atoms with Gasteiger partial charge in [0, 0.05) is 0 Å². The van der Waals surface area contributed by atoms with Crippen LogP contribution in [0.4, 0.5) is 0 Å². The predicted octanol–water partition coefficient (Wildman–Crippen LogP) is -1.32. The zero-order valence-electron chi connectivity index (χ0n) is 3.79. The van der Waals surface area contributed by atoms with Crippen LogP contribution in [0.15, 0.2) is 5.10 Å². The minimum absolute atomic E-state index is 0.216. The molecule has 0 spiro atoms. The summed E-state index contributed by atoms with van der Waals surface area (Å²) in [7, 11) is 0. The van der Waals surface area contributed by atoms with E-state index in [9.17, 15) is 4.79 Å². The molecule has 7 heavy (non-hydrogen) atoms. The van der Waals surface area contributed by atoms with Gasteiger partial charge in [0.15, 0.2) is 0 Å². The first-order chi connectivity index (χ1) is 3.41. The smallest absolute Gasteiger partial charge is 0.140 e. The van der Waals surface area contributed by atoms with Crippen molar-refractivity contribution in [3.05, 3.63) is 0 Å². The SMILES string of the molecule is N/C=N\NCC=O. The number of nitrogens with one attached hydrogen (secondary N) is 1. The molecule has 0 heterocycles. The number of hydrogen-bond acceptors (Lipinski definition) is 3. The normalized spacial score (nSPS) is 9.14. The summed E-state index contributed by atoms with van der Waals surface area (Å²) in [5.41, 5.74) is 7.16. The molecule has 4 nitrogen and oxygen atoms in total. The fraction of sp³-hybridized carbons (Fsp3) is 0.333. The number of nitrogens with zero attached hydrogens (tertiary/aromatic N) is 1. The first-order valence-corrected chi connectivity index (χ1v) is 1.81. The molecule has 0 atom stereocenters. The van der Waals surface area contributed by atoms with Gasteiger partial charge in [0.1, 0.15) is 12.6 Å². The van der Waals surface area contributed by atoms with Gasteiger partial charge in [-0.3, -0.25) is 0 Å². The van der Waals surface area contributed by atoms with Crippen molar-refractivity contribution in [3.8, 4) is 0 Å². The number of rotatable bonds is 3. The van der Waals surface area contributed by atoms with E-state index in [-0.39, 0.29) is 6.54 Å². The minimum atomic E-state index is 0.216. The third-order valence-electron chi connectivity index (χ3n) is 0.340. The molecular formula is C3H7N3O. The first-order valence-electron chi connectivity index (χ1n) is 1.81. The Morgan fingerprint density at radius 3 is 3.00 bits per heavy atom. The van der Waals surface area contributed by atoms with E-state index in [4.69, 9.17) is 5.73 Å². The fourth-order valence-corrected chi connectivity index (χ4v) is 0.143. The highest BCUT2D eigenvalue weighted by Gasteiger charge is 1.67. The molecule has 0 saturated carbocycles. The van der Waals surface area contributed by atoms with Crippen molar-refractivity contribution >= 4 is 12.6 Å². The van der Waals surface area contributed by atoms with Gasteiger partial charge < -0.3 is 16.0 Å². The van der Waals surface area contributed by atoms with Crippen LogP contribution in [0.1, 0.15) is 0 Å². The van der Waals surface area contributed by atoms with Crippen LogP contribution in [0, 0.1) is 0 Å². The first kappa shape index (κ1) is 5.94. The fourth-order valence-electron chi connectivity index (χ4n) is 0.143. The highest BCUT2D eigenvalue weighted by atomic mass is 16.1. The molecule has 0 aliphatic carbocycles. The van der Waals surface area contributed by atoms with Crippen LogP contribution in [0.2, 0.25) is 0 Å². The van der Waals surface area contributed by atoms with Crippen LogP contribution in [0.5, 0.6) is 0 Å². The number of carbonyl (C=O) groups is 1. The highest BCUT2D eigenvalue weighted by molar-refractivity contribution is 5.53. The summed E-state index contributed by atoms with van der Waals surface area (Å²) < 4.78 is 0. The molecule has 40 valence electrons. The quantitative estimate of drug-likeness (QED) is 0.152. The van der Waals surface area contributed by atoms with E-state index in [0.717, 1.165) is 6.34 Å². The van der Waals surface area contributed by atoms with Crippen molar-refractivity contribution in [2.75, 3.05) is 6.54 Å². The van der Waals surface area contributed by atoms with Gasteiger partial charge in [0.2, 0.25) is 0 Å². The Kier molecular flexibility index (Phi) is 4.19. The topological polar surface area (TPSA) is 67.5 Å². The Morgan fingerprint density at radius 1 is 1.86 bits per heavy atom. The number of carbonyl (C=O) groups excluding carboxylic acids is 1. The average Bonchev–Trinajstić information content (AvgIpc) is 1.69. The van der Waals surface area contributed by atoms with Crippen molar-refractivity contribution in [3.63, 3.8) is 0 Å². The molecule has 0 aromatic heterocycles. The van der Waals surface area contributed by atoms with E-state index in [0.29, 0.717) is 6.29 Å². The molecule has 4 heteroatoms. The maximum Gasteiger partial charge on any atom is 0.140 e. The summed E-state index contributed by atoms with van der Waals surface area (Å²) in [6.45, 7) is 0.216. The highest BCUT2D eigenvalue weighted by Crippen LogP contribution is 1.46. The van der Waals surface area contributed by atoms with Gasteiger partial charge in [0.25, 0.3) is 0 Å².